The van der Waals surface area contributed by atoms with E-state index in [1.165, 1.54) is 51.4 Å². The van der Waals surface area contributed by atoms with Crippen LogP contribution in [0.3, 0.4) is 0 Å². The lowest BCUT2D eigenvalue weighted by atomic mass is 9.76. The highest BCUT2D eigenvalue weighted by molar-refractivity contribution is 14.1. The van der Waals surface area contributed by atoms with Crippen LogP contribution in [0.25, 0.3) is 0 Å². The first-order valence-corrected chi connectivity index (χ1v) is 9.63. The molecular weight excluding hydrogens is 343 g/mol. The average Bonchev–Trinajstić information content (AvgIpc) is 2.71. The van der Waals surface area contributed by atoms with Gasteiger partial charge in [0.15, 0.2) is 0 Å². The number of hydrogen-bond acceptors (Lipinski definition) is 0. The Balaban J connectivity index is 2.57. The molecule has 0 spiro atoms. The fraction of sp³-hybridized carbons (Fsp3) is 1.00. The van der Waals surface area contributed by atoms with Crippen molar-refractivity contribution in [1.29, 1.82) is 0 Å². The van der Waals surface area contributed by atoms with E-state index in [0.717, 1.165) is 23.7 Å². The van der Waals surface area contributed by atoms with Crippen molar-refractivity contribution >= 4 is 22.6 Å². The van der Waals surface area contributed by atoms with Crippen molar-refractivity contribution in [2.45, 2.75) is 89.4 Å². The van der Waals surface area contributed by atoms with E-state index in [9.17, 15) is 0 Å². The van der Waals surface area contributed by atoms with Crippen LogP contribution in [0.15, 0.2) is 0 Å². The lowest BCUT2D eigenvalue weighted by Crippen LogP contribution is -2.33. The van der Waals surface area contributed by atoms with Crippen LogP contribution >= 0.6 is 22.6 Å². The van der Waals surface area contributed by atoms with Crippen molar-refractivity contribution in [2.24, 2.45) is 23.7 Å². The van der Waals surface area contributed by atoms with Crippen LogP contribution in [-0.4, -0.2) is 3.42 Å². The van der Waals surface area contributed by atoms with Crippen LogP contribution in [-0.2, 0) is 0 Å². The van der Waals surface area contributed by atoms with E-state index in [1.807, 2.05) is 0 Å². The monoisotopic (exact) mass is 378 g/mol. The molecule has 1 aliphatic carbocycles. The molecule has 0 aromatic rings. The molecule has 0 nitrogen and oxygen atoms in total. The molecule has 0 bridgehead atoms. The average molecular weight is 378 g/mol. The van der Waals surface area contributed by atoms with E-state index in [-0.39, 0.29) is 0 Å². The van der Waals surface area contributed by atoms with Gasteiger partial charge >= 0.3 is 0 Å². The van der Waals surface area contributed by atoms with Gasteiger partial charge in [0.2, 0.25) is 0 Å². The molecule has 0 amide bonds. The zero-order valence-corrected chi connectivity index (χ0v) is 16.0. The lowest BCUT2D eigenvalue weighted by molar-refractivity contribution is 0.243. The predicted molar refractivity (Wildman–Crippen MR) is 96.0 cm³/mol. The third kappa shape index (κ3) is 5.93. The summed E-state index contributed by atoms with van der Waals surface area (Å²) in [6.45, 7) is 12.1. The highest BCUT2D eigenvalue weighted by Gasteiger charge is 2.38. The highest BCUT2D eigenvalue weighted by atomic mass is 127. The van der Waals surface area contributed by atoms with Crippen molar-refractivity contribution in [3.63, 3.8) is 0 Å². The second-order valence-electron chi connectivity index (χ2n) is 7.64. The van der Waals surface area contributed by atoms with Crippen LogP contribution < -0.4 is 0 Å². The molecule has 0 aromatic carbocycles. The van der Waals surface area contributed by atoms with Crippen LogP contribution in [0.4, 0.5) is 0 Å². The Bertz CT molecular complexity index is 244. The minimum absolute atomic E-state index is 0.525. The van der Waals surface area contributed by atoms with E-state index in [4.69, 9.17) is 0 Å². The third-order valence-corrected chi connectivity index (χ3v) is 6.46. The summed E-state index contributed by atoms with van der Waals surface area (Å²) in [5, 5.41) is 0. The topological polar surface area (TPSA) is 0 Å². The van der Waals surface area contributed by atoms with E-state index in [1.54, 1.807) is 0 Å². The van der Waals surface area contributed by atoms with Gasteiger partial charge in [-0.05, 0) is 49.4 Å². The Labute approximate surface area is 135 Å². The first kappa shape index (κ1) is 17.8. The minimum atomic E-state index is 0.525. The molecule has 2 unspecified atom stereocenters. The maximum atomic E-state index is 2.80. The molecule has 0 N–H and O–H groups in total. The smallest absolute Gasteiger partial charge is 0.0225 e. The Hall–Kier alpha value is 0.730. The predicted octanol–water partition coefficient (Wildman–Crippen LogP) is 6.86. The van der Waals surface area contributed by atoms with Gasteiger partial charge in [0.1, 0.15) is 0 Å². The Morgan fingerprint density at radius 3 is 2.37 bits per heavy atom. The molecule has 0 aromatic heterocycles. The number of alkyl halides is 1. The van der Waals surface area contributed by atoms with Crippen LogP contribution in [0, 0.1) is 23.7 Å². The van der Waals surface area contributed by atoms with Crippen molar-refractivity contribution in [3.8, 4) is 0 Å². The number of halogens is 1. The maximum absolute atomic E-state index is 2.80. The maximum Gasteiger partial charge on any atom is 0.0225 e. The molecule has 1 saturated carbocycles. The van der Waals surface area contributed by atoms with Gasteiger partial charge in [-0.2, -0.15) is 0 Å². The fourth-order valence-electron chi connectivity index (χ4n) is 4.00. The standard InChI is InChI=1S/C18H35I/c1-6-8-17(16-11-10-15(4)13-16)18(5,19)12-7-9-14(2)3/h14-17H,6-13H2,1-5H3/t15-,16?,17?,18+/m1/s1. The molecule has 0 saturated heterocycles. The quantitative estimate of drug-likeness (QED) is 0.320. The summed E-state index contributed by atoms with van der Waals surface area (Å²) in [6.07, 6.45) is 11.5. The third-order valence-electron chi connectivity index (χ3n) is 5.12. The summed E-state index contributed by atoms with van der Waals surface area (Å²) < 4.78 is 0.525. The molecule has 0 radical (unpaired) electrons. The van der Waals surface area contributed by atoms with Gasteiger partial charge in [0.05, 0.1) is 0 Å². The molecule has 1 rings (SSSR count). The summed E-state index contributed by atoms with van der Waals surface area (Å²) in [4.78, 5) is 0. The van der Waals surface area contributed by atoms with Crippen LogP contribution in [0.5, 0.6) is 0 Å². The van der Waals surface area contributed by atoms with E-state index >= 15 is 0 Å². The molecule has 4 atom stereocenters. The van der Waals surface area contributed by atoms with Crippen LogP contribution in [0.2, 0.25) is 0 Å². The highest BCUT2D eigenvalue weighted by Crippen LogP contribution is 2.47. The van der Waals surface area contributed by atoms with E-state index in [2.05, 4.69) is 57.2 Å². The molecule has 1 heteroatoms. The van der Waals surface area contributed by atoms with Crippen molar-refractivity contribution in [3.05, 3.63) is 0 Å². The molecule has 0 heterocycles. The van der Waals surface area contributed by atoms with Gasteiger partial charge < -0.3 is 0 Å². The van der Waals surface area contributed by atoms with Crippen molar-refractivity contribution in [1.82, 2.24) is 0 Å². The van der Waals surface area contributed by atoms with Gasteiger partial charge in [0.25, 0.3) is 0 Å². The zero-order valence-electron chi connectivity index (χ0n) is 13.8. The summed E-state index contributed by atoms with van der Waals surface area (Å²) in [5.74, 6) is 3.81. The second kappa shape index (κ2) is 8.24. The number of rotatable bonds is 8. The molecule has 0 aliphatic heterocycles. The van der Waals surface area contributed by atoms with Gasteiger partial charge in [-0.15, -0.1) is 0 Å². The Kier molecular flexibility index (Phi) is 7.71. The van der Waals surface area contributed by atoms with Crippen molar-refractivity contribution < 1.29 is 0 Å². The first-order valence-electron chi connectivity index (χ1n) is 8.55. The molecular formula is C18H35I. The van der Waals surface area contributed by atoms with Gasteiger partial charge in [-0.3, -0.25) is 0 Å². The second-order valence-corrected chi connectivity index (χ2v) is 10.1. The summed E-state index contributed by atoms with van der Waals surface area (Å²) >= 11 is 2.80. The van der Waals surface area contributed by atoms with Gasteiger partial charge in [-0.25, -0.2) is 0 Å². The summed E-state index contributed by atoms with van der Waals surface area (Å²) in [7, 11) is 0. The Morgan fingerprint density at radius 2 is 1.89 bits per heavy atom. The number of hydrogen-bond donors (Lipinski definition) is 0. The Morgan fingerprint density at radius 1 is 1.21 bits per heavy atom. The molecule has 1 fully saturated rings. The normalized spacial score (nSPS) is 28.6. The van der Waals surface area contributed by atoms with Gasteiger partial charge in [-0.1, -0.05) is 82.9 Å². The molecule has 114 valence electrons. The summed E-state index contributed by atoms with van der Waals surface area (Å²) in [5.41, 5.74) is 0. The molecule has 19 heavy (non-hydrogen) atoms. The SMILES string of the molecule is CCCC(C1CC[C@@H](C)C1)[C@@](C)(I)CCCC(C)C. The van der Waals surface area contributed by atoms with Gasteiger partial charge in [0, 0.05) is 3.42 Å². The minimum Gasteiger partial charge on any atom is -0.0789 e. The lowest BCUT2D eigenvalue weighted by Gasteiger charge is -2.37. The summed E-state index contributed by atoms with van der Waals surface area (Å²) in [6, 6.07) is 0. The van der Waals surface area contributed by atoms with E-state index in [0.29, 0.717) is 3.42 Å². The van der Waals surface area contributed by atoms with Crippen LogP contribution in [0.1, 0.15) is 86.0 Å². The largest absolute Gasteiger partial charge is 0.0789 e. The van der Waals surface area contributed by atoms with E-state index < -0.39 is 0 Å². The molecule has 1 aliphatic rings. The first-order chi connectivity index (χ1) is 8.86. The fourth-order valence-corrected chi connectivity index (χ4v) is 5.20. The zero-order chi connectivity index (χ0) is 14.5. The van der Waals surface area contributed by atoms with Crippen molar-refractivity contribution in [2.75, 3.05) is 0 Å².